The van der Waals surface area contributed by atoms with Gasteiger partial charge in [-0.25, -0.2) is 4.39 Å². The number of aliphatic hydroxyl groups is 1. The van der Waals surface area contributed by atoms with Crippen LogP contribution in [0.3, 0.4) is 0 Å². The summed E-state index contributed by atoms with van der Waals surface area (Å²) in [6, 6.07) is 7.05. The van der Waals surface area contributed by atoms with E-state index in [2.05, 4.69) is 23.7 Å². The molecule has 0 amide bonds. The highest BCUT2D eigenvalue weighted by Crippen LogP contribution is 2.21. The van der Waals surface area contributed by atoms with Gasteiger partial charge in [0.15, 0.2) is 0 Å². The van der Waals surface area contributed by atoms with Crippen molar-refractivity contribution in [2.45, 2.75) is 39.5 Å². The zero-order chi connectivity index (χ0) is 14.7. The maximum Gasteiger partial charge on any atom is 0.132 e. The van der Waals surface area contributed by atoms with Crippen LogP contribution in [-0.4, -0.2) is 33.7 Å². The van der Waals surface area contributed by atoms with Gasteiger partial charge in [0.25, 0.3) is 0 Å². The van der Waals surface area contributed by atoms with Crippen molar-refractivity contribution in [2.24, 2.45) is 0 Å². The second-order valence-corrected chi connectivity index (χ2v) is 5.48. The number of hydrogen-bond acceptors (Lipinski definition) is 3. The third kappa shape index (κ3) is 3.32. The van der Waals surface area contributed by atoms with E-state index < -0.39 is 6.10 Å². The molecule has 108 valence electrons. The predicted molar refractivity (Wildman–Crippen MR) is 78.9 cm³/mol. The molecule has 2 rings (SSSR count). The molecule has 0 radical (unpaired) electrons. The standard InChI is InChI=1S/C16H21FN2O/c1-11(2)19(9-12(3)20)10-13-6-7-15(17)14-5-4-8-18-16(13)14/h4-8,11-12,20H,9-10H2,1-3H3. The lowest BCUT2D eigenvalue weighted by molar-refractivity contribution is 0.103. The molecule has 1 N–H and O–H groups in total. The molecule has 1 aromatic heterocycles. The zero-order valence-corrected chi connectivity index (χ0v) is 12.2. The summed E-state index contributed by atoms with van der Waals surface area (Å²) in [5.74, 6) is -0.247. The Morgan fingerprint density at radius 3 is 2.65 bits per heavy atom. The van der Waals surface area contributed by atoms with E-state index in [1.54, 1.807) is 31.3 Å². The first-order chi connectivity index (χ1) is 9.49. The molecule has 1 aromatic carbocycles. The Balaban J connectivity index is 2.35. The molecule has 0 spiro atoms. The highest BCUT2D eigenvalue weighted by Gasteiger charge is 2.15. The summed E-state index contributed by atoms with van der Waals surface area (Å²) >= 11 is 0. The van der Waals surface area contributed by atoms with Gasteiger partial charge in [0, 0.05) is 30.7 Å². The van der Waals surface area contributed by atoms with Crippen LogP contribution in [0.15, 0.2) is 30.5 Å². The fraction of sp³-hybridized carbons (Fsp3) is 0.438. The molecular formula is C16H21FN2O. The quantitative estimate of drug-likeness (QED) is 0.912. The monoisotopic (exact) mass is 276 g/mol. The second-order valence-electron chi connectivity index (χ2n) is 5.48. The van der Waals surface area contributed by atoms with E-state index in [0.717, 1.165) is 5.56 Å². The number of aliphatic hydroxyl groups excluding tert-OH is 1. The Morgan fingerprint density at radius 2 is 2.00 bits per heavy atom. The van der Waals surface area contributed by atoms with E-state index in [-0.39, 0.29) is 5.82 Å². The molecule has 4 heteroatoms. The van der Waals surface area contributed by atoms with Crippen LogP contribution >= 0.6 is 0 Å². The number of aromatic nitrogens is 1. The van der Waals surface area contributed by atoms with Crippen molar-refractivity contribution >= 4 is 10.9 Å². The van der Waals surface area contributed by atoms with Gasteiger partial charge >= 0.3 is 0 Å². The highest BCUT2D eigenvalue weighted by atomic mass is 19.1. The number of benzene rings is 1. The molecular weight excluding hydrogens is 255 g/mol. The molecule has 0 saturated carbocycles. The van der Waals surface area contributed by atoms with Gasteiger partial charge in [-0.3, -0.25) is 9.88 Å². The van der Waals surface area contributed by atoms with E-state index >= 15 is 0 Å². The fourth-order valence-electron chi connectivity index (χ4n) is 2.34. The van der Waals surface area contributed by atoms with Gasteiger partial charge in [0.1, 0.15) is 5.82 Å². The summed E-state index contributed by atoms with van der Waals surface area (Å²) in [4.78, 5) is 6.46. The molecule has 0 fully saturated rings. The number of halogens is 1. The zero-order valence-electron chi connectivity index (χ0n) is 12.2. The maximum atomic E-state index is 13.8. The summed E-state index contributed by atoms with van der Waals surface area (Å²) in [6.45, 7) is 7.18. The average molecular weight is 276 g/mol. The van der Waals surface area contributed by atoms with Crippen molar-refractivity contribution in [3.63, 3.8) is 0 Å². The van der Waals surface area contributed by atoms with Gasteiger partial charge in [0.2, 0.25) is 0 Å². The van der Waals surface area contributed by atoms with Crippen molar-refractivity contribution in [1.29, 1.82) is 0 Å². The van der Waals surface area contributed by atoms with Gasteiger partial charge < -0.3 is 5.11 Å². The molecule has 3 nitrogen and oxygen atoms in total. The first-order valence-electron chi connectivity index (χ1n) is 6.93. The minimum Gasteiger partial charge on any atom is -0.392 e. The Labute approximate surface area is 119 Å². The maximum absolute atomic E-state index is 13.8. The molecule has 0 aliphatic heterocycles. The average Bonchev–Trinajstić information content (AvgIpc) is 2.40. The van der Waals surface area contributed by atoms with Gasteiger partial charge in [-0.05, 0) is 44.5 Å². The van der Waals surface area contributed by atoms with Crippen molar-refractivity contribution in [1.82, 2.24) is 9.88 Å². The number of fused-ring (bicyclic) bond motifs is 1. The van der Waals surface area contributed by atoms with Crippen LogP contribution < -0.4 is 0 Å². The third-order valence-electron chi connectivity index (χ3n) is 3.40. The lowest BCUT2D eigenvalue weighted by Crippen LogP contribution is -2.36. The lowest BCUT2D eigenvalue weighted by Gasteiger charge is -2.28. The lowest BCUT2D eigenvalue weighted by atomic mass is 10.1. The van der Waals surface area contributed by atoms with Crippen LogP contribution in [-0.2, 0) is 6.54 Å². The molecule has 1 unspecified atom stereocenters. The van der Waals surface area contributed by atoms with E-state index in [9.17, 15) is 9.50 Å². The van der Waals surface area contributed by atoms with Crippen LogP contribution in [0.5, 0.6) is 0 Å². The number of nitrogens with zero attached hydrogens (tertiary/aromatic N) is 2. The summed E-state index contributed by atoms with van der Waals surface area (Å²) in [6.07, 6.45) is 1.29. The number of pyridine rings is 1. The van der Waals surface area contributed by atoms with E-state index in [1.807, 2.05) is 0 Å². The van der Waals surface area contributed by atoms with Crippen LogP contribution in [0.25, 0.3) is 10.9 Å². The molecule has 20 heavy (non-hydrogen) atoms. The van der Waals surface area contributed by atoms with Crippen molar-refractivity contribution in [3.8, 4) is 0 Å². The van der Waals surface area contributed by atoms with Gasteiger partial charge in [-0.15, -0.1) is 0 Å². The first-order valence-corrected chi connectivity index (χ1v) is 6.93. The molecule has 0 aliphatic rings. The molecule has 1 heterocycles. The molecule has 2 aromatic rings. The highest BCUT2D eigenvalue weighted by molar-refractivity contribution is 5.82. The number of rotatable bonds is 5. The van der Waals surface area contributed by atoms with Crippen LogP contribution in [0, 0.1) is 5.82 Å². The van der Waals surface area contributed by atoms with Crippen molar-refractivity contribution in [2.75, 3.05) is 6.54 Å². The van der Waals surface area contributed by atoms with E-state index in [1.165, 1.54) is 6.07 Å². The summed E-state index contributed by atoms with van der Waals surface area (Å²) < 4.78 is 13.8. The van der Waals surface area contributed by atoms with Gasteiger partial charge in [-0.1, -0.05) is 6.07 Å². The first kappa shape index (κ1) is 14.9. The fourth-order valence-corrected chi connectivity index (χ4v) is 2.34. The van der Waals surface area contributed by atoms with Gasteiger partial charge in [-0.2, -0.15) is 0 Å². The topological polar surface area (TPSA) is 36.4 Å². The summed E-state index contributed by atoms with van der Waals surface area (Å²) in [5, 5.41) is 10.1. The normalized spacial score (nSPS) is 13.3. The summed E-state index contributed by atoms with van der Waals surface area (Å²) in [5.41, 5.74) is 1.68. The van der Waals surface area contributed by atoms with Crippen LogP contribution in [0.2, 0.25) is 0 Å². The van der Waals surface area contributed by atoms with E-state index in [4.69, 9.17) is 0 Å². The molecule has 0 aliphatic carbocycles. The smallest absolute Gasteiger partial charge is 0.132 e. The number of hydrogen-bond donors (Lipinski definition) is 1. The third-order valence-corrected chi connectivity index (χ3v) is 3.40. The molecule has 0 bridgehead atoms. The van der Waals surface area contributed by atoms with Crippen molar-refractivity contribution in [3.05, 3.63) is 41.8 Å². The minimum atomic E-state index is -0.392. The van der Waals surface area contributed by atoms with Crippen LogP contribution in [0.1, 0.15) is 26.3 Å². The Kier molecular flexibility index (Phi) is 4.68. The van der Waals surface area contributed by atoms with Gasteiger partial charge in [0.05, 0.1) is 11.6 Å². The Bertz CT molecular complexity index is 584. The molecule has 0 saturated heterocycles. The summed E-state index contributed by atoms with van der Waals surface area (Å²) in [7, 11) is 0. The van der Waals surface area contributed by atoms with E-state index in [0.29, 0.717) is 30.0 Å². The van der Waals surface area contributed by atoms with Crippen molar-refractivity contribution < 1.29 is 9.50 Å². The largest absolute Gasteiger partial charge is 0.392 e. The Morgan fingerprint density at radius 1 is 1.25 bits per heavy atom. The minimum absolute atomic E-state index is 0.247. The predicted octanol–water partition coefficient (Wildman–Crippen LogP) is 2.97. The SMILES string of the molecule is CC(O)CN(Cc1ccc(F)c2cccnc12)C(C)C. The van der Waals surface area contributed by atoms with Crippen LogP contribution in [0.4, 0.5) is 4.39 Å². The molecule has 1 atom stereocenters. The Hall–Kier alpha value is -1.52. The second kappa shape index (κ2) is 6.29.